The minimum atomic E-state index is -3.47. The Bertz CT molecular complexity index is 1120. The quantitative estimate of drug-likeness (QED) is 0.640. The summed E-state index contributed by atoms with van der Waals surface area (Å²) in [4.78, 5) is 25.9. The van der Waals surface area contributed by atoms with Gasteiger partial charge in [0.15, 0.2) is 0 Å². The number of amides is 2. The van der Waals surface area contributed by atoms with Gasteiger partial charge in [-0.2, -0.15) is 4.31 Å². The lowest BCUT2D eigenvalue weighted by atomic mass is 10.2. The van der Waals surface area contributed by atoms with Crippen LogP contribution in [0.25, 0.3) is 0 Å². The summed E-state index contributed by atoms with van der Waals surface area (Å²) < 4.78 is 27.0. The minimum Gasteiger partial charge on any atom is -0.352 e. The molecule has 2 heterocycles. The van der Waals surface area contributed by atoms with Gasteiger partial charge in [-0.1, -0.05) is 30.2 Å². The normalized spacial score (nSPS) is 19.2. The Morgan fingerprint density at radius 2 is 1.84 bits per heavy atom. The lowest BCUT2D eigenvalue weighted by Gasteiger charge is -2.25. The zero-order chi connectivity index (χ0) is 22.7. The number of nitrogens with zero attached hydrogens (tertiary/aromatic N) is 1. The van der Waals surface area contributed by atoms with Gasteiger partial charge < -0.3 is 10.6 Å². The number of benzene rings is 2. The molecule has 0 saturated carbocycles. The van der Waals surface area contributed by atoms with Gasteiger partial charge in [-0.05, 0) is 48.7 Å². The smallest absolute Gasteiger partial charge is 0.243 e. The fraction of sp³-hybridized carbons (Fsp3) is 0.364. The van der Waals surface area contributed by atoms with Gasteiger partial charge in [-0.3, -0.25) is 9.59 Å². The van der Waals surface area contributed by atoms with Gasteiger partial charge in [0.1, 0.15) is 0 Å². The maximum atomic E-state index is 12.7. The Hall–Kier alpha value is -2.07. The van der Waals surface area contributed by atoms with Crippen LogP contribution in [-0.4, -0.2) is 42.9 Å². The lowest BCUT2D eigenvalue weighted by molar-refractivity contribution is -0.124. The molecule has 0 spiro atoms. The molecule has 32 heavy (non-hydrogen) atoms. The number of rotatable bonds is 6. The van der Waals surface area contributed by atoms with Crippen molar-refractivity contribution < 1.29 is 18.0 Å². The van der Waals surface area contributed by atoms with Gasteiger partial charge in [0, 0.05) is 36.0 Å². The van der Waals surface area contributed by atoms with Gasteiger partial charge in [0.05, 0.1) is 15.8 Å². The summed E-state index contributed by atoms with van der Waals surface area (Å²) in [6, 6.07) is 11.8. The van der Waals surface area contributed by atoms with Crippen LogP contribution in [0, 0.1) is 0 Å². The van der Waals surface area contributed by atoms with Gasteiger partial charge in [0.25, 0.3) is 0 Å². The highest BCUT2D eigenvalue weighted by atomic mass is 35.5. The lowest BCUT2D eigenvalue weighted by Crippen LogP contribution is -2.35. The molecular weight excluding hydrogens is 470 g/mol. The number of sulfonamides is 1. The molecule has 2 aliphatic heterocycles. The summed E-state index contributed by atoms with van der Waals surface area (Å²) in [5.41, 5.74) is 1.44. The number of nitrogens with one attached hydrogen (secondary N) is 2. The summed E-state index contributed by atoms with van der Waals surface area (Å²) in [6.07, 6.45) is 2.88. The fourth-order valence-corrected chi connectivity index (χ4v) is 6.51. The molecule has 10 heteroatoms. The van der Waals surface area contributed by atoms with E-state index in [4.69, 9.17) is 11.6 Å². The third-order valence-electron chi connectivity index (χ3n) is 5.50. The topological polar surface area (TPSA) is 95.6 Å². The summed E-state index contributed by atoms with van der Waals surface area (Å²) in [5.74, 6) is -0.479. The first kappa shape index (κ1) is 23.1. The van der Waals surface area contributed by atoms with E-state index in [0.717, 1.165) is 29.7 Å². The number of hydrogen-bond donors (Lipinski definition) is 2. The van der Waals surface area contributed by atoms with E-state index in [9.17, 15) is 18.0 Å². The van der Waals surface area contributed by atoms with Crippen LogP contribution >= 0.6 is 23.4 Å². The number of thioether (sulfide) groups is 1. The Kier molecular flexibility index (Phi) is 7.09. The molecule has 1 unspecified atom stereocenters. The van der Waals surface area contributed by atoms with Gasteiger partial charge in [-0.25, -0.2) is 8.42 Å². The van der Waals surface area contributed by atoms with Crippen LogP contribution in [0.1, 0.15) is 31.2 Å². The SMILES string of the molecule is O=C(CC1Sc2ccc(Cl)cc2NC1=O)NCc1ccc(S(=O)(=O)N2CCCCC2)cc1. The second kappa shape index (κ2) is 9.82. The molecule has 1 fully saturated rings. The van der Waals surface area contributed by atoms with E-state index in [2.05, 4.69) is 10.6 Å². The van der Waals surface area contributed by atoms with Crippen molar-refractivity contribution in [3.63, 3.8) is 0 Å². The van der Waals surface area contributed by atoms with E-state index >= 15 is 0 Å². The maximum Gasteiger partial charge on any atom is 0.243 e. The van der Waals surface area contributed by atoms with Crippen LogP contribution in [0.4, 0.5) is 5.69 Å². The Labute approximate surface area is 196 Å². The number of carbonyl (C=O) groups excluding carboxylic acids is 2. The Morgan fingerprint density at radius 3 is 2.56 bits per heavy atom. The van der Waals surface area contributed by atoms with Crippen molar-refractivity contribution in [1.29, 1.82) is 0 Å². The number of halogens is 1. The molecule has 1 saturated heterocycles. The molecule has 170 valence electrons. The van der Waals surface area contributed by atoms with Crippen molar-refractivity contribution in [1.82, 2.24) is 9.62 Å². The number of hydrogen-bond acceptors (Lipinski definition) is 5. The zero-order valence-electron chi connectivity index (χ0n) is 17.3. The minimum absolute atomic E-state index is 0.0417. The van der Waals surface area contributed by atoms with E-state index in [1.54, 1.807) is 36.4 Å². The van der Waals surface area contributed by atoms with E-state index in [1.807, 2.05) is 6.07 Å². The molecule has 2 aromatic carbocycles. The third kappa shape index (κ3) is 5.28. The van der Waals surface area contributed by atoms with Crippen LogP contribution in [0.15, 0.2) is 52.3 Å². The van der Waals surface area contributed by atoms with Gasteiger partial charge >= 0.3 is 0 Å². The summed E-state index contributed by atoms with van der Waals surface area (Å²) in [6.45, 7) is 1.38. The second-order valence-electron chi connectivity index (χ2n) is 7.83. The molecular formula is C22H24ClN3O4S2. The molecule has 0 bridgehead atoms. The maximum absolute atomic E-state index is 12.7. The predicted octanol–water partition coefficient (Wildman–Crippen LogP) is 3.63. The average Bonchev–Trinajstić information content (AvgIpc) is 2.79. The van der Waals surface area contributed by atoms with Gasteiger partial charge in [0.2, 0.25) is 21.8 Å². The Morgan fingerprint density at radius 1 is 1.12 bits per heavy atom. The molecule has 4 rings (SSSR count). The molecule has 0 radical (unpaired) electrons. The monoisotopic (exact) mass is 493 g/mol. The first-order valence-corrected chi connectivity index (χ1v) is 13.2. The van der Waals surface area contributed by atoms with E-state index in [-0.39, 0.29) is 29.7 Å². The largest absolute Gasteiger partial charge is 0.352 e. The Balaban J connectivity index is 1.31. The van der Waals surface area contributed by atoms with Crippen molar-refractivity contribution in [2.24, 2.45) is 0 Å². The number of anilines is 1. The predicted molar refractivity (Wildman–Crippen MR) is 125 cm³/mol. The summed E-state index contributed by atoms with van der Waals surface area (Å²) >= 11 is 7.30. The summed E-state index contributed by atoms with van der Waals surface area (Å²) in [7, 11) is -3.47. The molecule has 2 aliphatic rings. The van der Waals surface area contributed by atoms with Crippen LogP contribution < -0.4 is 10.6 Å². The number of fused-ring (bicyclic) bond motifs is 1. The molecule has 2 aromatic rings. The molecule has 1 atom stereocenters. The van der Waals surface area contributed by atoms with Crippen LogP contribution in [-0.2, 0) is 26.2 Å². The van der Waals surface area contributed by atoms with E-state index in [1.165, 1.54) is 16.1 Å². The number of piperidine rings is 1. The van der Waals surface area contributed by atoms with Crippen LogP contribution in [0.2, 0.25) is 5.02 Å². The van der Waals surface area contributed by atoms with Crippen LogP contribution in [0.5, 0.6) is 0 Å². The van der Waals surface area contributed by atoms with Crippen molar-refractivity contribution >= 4 is 50.9 Å². The van der Waals surface area contributed by atoms with Crippen molar-refractivity contribution in [2.75, 3.05) is 18.4 Å². The van der Waals surface area contributed by atoms with Crippen molar-refractivity contribution in [2.45, 2.75) is 47.3 Å². The highest BCUT2D eigenvalue weighted by molar-refractivity contribution is 8.01. The van der Waals surface area contributed by atoms with Crippen LogP contribution in [0.3, 0.4) is 0 Å². The fourth-order valence-electron chi connectivity index (χ4n) is 3.73. The molecule has 2 amide bonds. The molecule has 7 nitrogen and oxygen atoms in total. The highest BCUT2D eigenvalue weighted by Gasteiger charge is 2.29. The second-order valence-corrected chi connectivity index (χ2v) is 11.4. The zero-order valence-corrected chi connectivity index (χ0v) is 19.7. The molecule has 2 N–H and O–H groups in total. The van der Waals surface area contributed by atoms with Gasteiger partial charge in [-0.15, -0.1) is 11.8 Å². The molecule has 0 aliphatic carbocycles. The average molecular weight is 494 g/mol. The van der Waals surface area contributed by atoms with E-state index < -0.39 is 15.3 Å². The summed E-state index contributed by atoms with van der Waals surface area (Å²) in [5, 5.41) is 5.61. The van der Waals surface area contributed by atoms with Crippen molar-refractivity contribution in [3.8, 4) is 0 Å². The standard InChI is InChI=1S/C22H24ClN3O4S2/c23-16-6-9-19-18(12-16)25-22(28)20(31-19)13-21(27)24-14-15-4-7-17(8-5-15)32(29,30)26-10-2-1-3-11-26/h4-9,12,20H,1-3,10-11,13-14H2,(H,24,27)(H,25,28). The first-order valence-electron chi connectivity index (χ1n) is 10.5. The first-order chi connectivity index (χ1) is 15.3. The van der Waals surface area contributed by atoms with Crippen molar-refractivity contribution in [3.05, 3.63) is 53.1 Å². The number of carbonyl (C=O) groups is 2. The third-order valence-corrected chi connectivity index (χ3v) is 8.92. The molecule has 0 aromatic heterocycles. The van der Waals surface area contributed by atoms with E-state index in [0.29, 0.717) is 23.8 Å². The highest BCUT2D eigenvalue weighted by Crippen LogP contribution is 2.38.